The van der Waals surface area contributed by atoms with E-state index >= 15 is 0 Å². The lowest BCUT2D eigenvalue weighted by Crippen LogP contribution is -2.20. The zero-order chi connectivity index (χ0) is 22.1. The number of carbonyl (C=O) groups is 2. The Morgan fingerprint density at radius 1 is 0.903 bits per heavy atom. The summed E-state index contributed by atoms with van der Waals surface area (Å²) in [5.41, 5.74) is 5.06. The number of rotatable bonds is 4. The maximum atomic E-state index is 13.1. The number of carbonyl (C=O) groups excluding carboxylic acids is 2. The van der Waals surface area contributed by atoms with Gasteiger partial charge in [-0.05, 0) is 56.7 Å². The maximum Gasteiger partial charge on any atom is 0.257 e. The van der Waals surface area contributed by atoms with Crippen molar-refractivity contribution in [2.45, 2.75) is 20.8 Å². The van der Waals surface area contributed by atoms with E-state index in [1.54, 1.807) is 25.2 Å². The third-order valence-corrected chi connectivity index (χ3v) is 5.51. The van der Waals surface area contributed by atoms with Crippen LogP contribution < -0.4 is 20.1 Å². The van der Waals surface area contributed by atoms with Gasteiger partial charge in [0.1, 0.15) is 13.2 Å². The molecule has 7 nitrogen and oxygen atoms in total. The molecule has 2 N–H and O–H groups in total. The Morgan fingerprint density at radius 2 is 1.65 bits per heavy atom. The van der Waals surface area contributed by atoms with Gasteiger partial charge >= 0.3 is 0 Å². The van der Waals surface area contributed by atoms with E-state index in [-0.39, 0.29) is 11.8 Å². The molecule has 1 aromatic heterocycles. The van der Waals surface area contributed by atoms with Crippen LogP contribution in [0.5, 0.6) is 11.5 Å². The van der Waals surface area contributed by atoms with Crippen molar-refractivity contribution >= 4 is 17.5 Å². The van der Waals surface area contributed by atoms with Crippen LogP contribution in [0.25, 0.3) is 5.69 Å². The molecule has 0 saturated heterocycles. The fourth-order valence-electron chi connectivity index (χ4n) is 3.90. The number of aryl methyl sites for hydroxylation is 1. The second-order valence-electron chi connectivity index (χ2n) is 7.46. The Morgan fingerprint density at radius 3 is 2.39 bits per heavy atom. The monoisotopic (exact) mass is 419 g/mol. The van der Waals surface area contributed by atoms with Crippen molar-refractivity contribution in [3.8, 4) is 17.2 Å². The van der Waals surface area contributed by atoms with Gasteiger partial charge in [-0.1, -0.05) is 6.07 Å². The summed E-state index contributed by atoms with van der Waals surface area (Å²) < 4.78 is 13.3. The second kappa shape index (κ2) is 8.18. The summed E-state index contributed by atoms with van der Waals surface area (Å²) in [6.07, 6.45) is 0. The molecule has 0 aliphatic carbocycles. The lowest BCUT2D eigenvalue weighted by atomic mass is 10.1. The van der Waals surface area contributed by atoms with Crippen LogP contribution in [-0.4, -0.2) is 36.6 Å². The summed E-state index contributed by atoms with van der Waals surface area (Å²) >= 11 is 0. The van der Waals surface area contributed by atoms with Crippen LogP contribution in [0.2, 0.25) is 0 Å². The minimum atomic E-state index is -0.228. The fourth-order valence-corrected chi connectivity index (χ4v) is 3.90. The number of hydrogen-bond acceptors (Lipinski definition) is 4. The number of ether oxygens (including phenoxy) is 2. The van der Waals surface area contributed by atoms with E-state index in [0.29, 0.717) is 35.8 Å². The van der Waals surface area contributed by atoms with Gasteiger partial charge in [0.05, 0.1) is 5.56 Å². The number of fused-ring (bicyclic) bond motifs is 1. The van der Waals surface area contributed by atoms with Gasteiger partial charge < -0.3 is 24.7 Å². The molecule has 0 bridgehead atoms. The third-order valence-electron chi connectivity index (χ3n) is 5.51. The minimum absolute atomic E-state index is 0.189. The molecule has 31 heavy (non-hydrogen) atoms. The quantitative estimate of drug-likeness (QED) is 0.674. The van der Waals surface area contributed by atoms with Crippen molar-refractivity contribution in [1.29, 1.82) is 0 Å². The molecule has 0 spiro atoms. The van der Waals surface area contributed by atoms with Crippen molar-refractivity contribution in [2.75, 3.05) is 25.6 Å². The van der Waals surface area contributed by atoms with Crippen LogP contribution in [0, 0.1) is 20.8 Å². The summed E-state index contributed by atoms with van der Waals surface area (Å²) in [7, 11) is 1.58. The van der Waals surface area contributed by atoms with Gasteiger partial charge in [0.25, 0.3) is 11.8 Å². The first-order chi connectivity index (χ1) is 14.9. The molecule has 2 amide bonds. The van der Waals surface area contributed by atoms with E-state index in [1.165, 1.54) is 0 Å². The molecule has 2 aromatic carbocycles. The van der Waals surface area contributed by atoms with Crippen molar-refractivity contribution in [1.82, 2.24) is 9.88 Å². The zero-order valence-corrected chi connectivity index (χ0v) is 18.0. The Bertz CT molecular complexity index is 1180. The molecule has 2 heterocycles. The summed E-state index contributed by atoms with van der Waals surface area (Å²) in [5.74, 6) is 1.00. The van der Waals surface area contributed by atoms with Gasteiger partial charge in [0.2, 0.25) is 0 Å². The summed E-state index contributed by atoms with van der Waals surface area (Å²) in [5, 5.41) is 5.57. The lowest BCUT2D eigenvalue weighted by molar-refractivity contribution is 0.0960. The maximum absolute atomic E-state index is 13.1. The molecule has 7 heteroatoms. The molecular weight excluding hydrogens is 394 g/mol. The highest BCUT2D eigenvalue weighted by Gasteiger charge is 2.20. The number of nitrogens with one attached hydrogen (secondary N) is 2. The third kappa shape index (κ3) is 3.74. The number of anilines is 1. The molecule has 0 radical (unpaired) electrons. The van der Waals surface area contributed by atoms with Gasteiger partial charge in [0.15, 0.2) is 11.5 Å². The summed E-state index contributed by atoms with van der Waals surface area (Å²) in [6, 6.07) is 12.9. The second-order valence-corrected chi connectivity index (χ2v) is 7.46. The Hall–Kier alpha value is -3.74. The molecule has 0 saturated carbocycles. The van der Waals surface area contributed by atoms with Crippen molar-refractivity contribution in [3.63, 3.8) is 0 Å². The Labute approximate surface area is 181 Å². The molecule has 4 rings (SSSR count). The predicted octanol–water partition coefficient (Wildman–Crippen LogP) is 3.79. The van der Waals surface area contributed by atoms with Crippen molar-refractivity contribution < 1.29 is 19.1 Å². The largest absolute Gasteiger partial charge is 0.486 e. The smallest absolute Gasteiger partial charge is 0.257 e. The number of hydrogen-bond donors (Lipinski definition) is 2. The van der Waals surface area contributed by atoms with Gasteiger partial charge in [-0.2, -0.15) is 0 Å². The fraction of sp³-hybridized carbons (Fsp3) is 0.250. The molecule has 1 aliphatic rings. The van der Waals surface area contributed by atoms with Crippen LogP contribution in [0.4, 0.5) is 5.69 Å². The van der Waals surface area contributed by atoms with E-state index < -0.39 is 0 Å². The molecule has 160 valence electrons. The van der Waals surface area contributed by atoms with Crippen LogP contribution in [0.15, 0.2) is 42.5 Å². The van der Waals surface area contributed by atoms with Crippen LogP contribution in [-0.2, 0) is 0 Å². The van der Waals surface area contributed by atoms with Gasteiger partial charge in [-0.15, -0.1) is 0 Å². The molecule has 0 atom stereocenters. The summed E-state index contributed by atoms with van der Waals surface area (Å²) in [4.78, 5) is 25.2. The van der Waals surface area contributed by atoms with E-state index in [1.807, 2.05) is 49.6 Å². The molecule has 0 unspecified atom stereocenters. The minimum Gasteiger partial charge on any atom is -0.486 e. The van der Waals surface area contributed by atoms with Gasteiger partial charge in [-0.25, -0.2) is 0 Å². The highest BCUT2D eigenvalue weighted by molar-refractivity contribution is 6.07. The van der Waals surface area contributed by atoms with Crippen LogP contribution in [0.3, 0.4) is 0 Å². The topological polar surface area (TPSA) is 81.6 Å². The highest BCUT2D eigenvalue weighted by atomic mass is 16.6. The molecular formula is C24H25N3O4. The van der Waals surface area contributed by atoms with Crippen molar-refractivity contribution in [2.24, 2.45) is 0 Å². The zero-order valence-electron chi connectivity index (χ0n) is 18.0. The average Bonchev–Trinajstić information content (AvgIpc) is 3.08. The van der Waals surface area contributed by atoms with Gasteiger partial charge in [0, 0.05) is 41.4 Å². The molecule has 3 aromatic rings. The number of amides is 2. The Kier molecular flexibility index (Phi) is 5.42. The lowest BCUT2D eigenvalue weighted by Gasteiger charge is -2.20. The average molecular weight is 419 g/mol. The van der Waals surface area contributed by atoms with Crippen molar-refractivity contribution in [3.05, 3.63) is 70.5 Å². The molecule has 1 aliphatic heterocycles. The number of aromatic nitrogens is 1. The first kappa shape index (κ1) is 20.5. The van der Waals surface area contributed by atoms with E-state index in [2.05, 4.69) is 10.6 Å². The van der Waals surface area contributed by atoms with E-state index in [4.69, 9.17) is 9.47 Å². The van der Waals surface area contributed by atoms with Gasteiger partial charge in [-0.3, -0.25) is 9.59 Å². The first-order valence-corrected chi connectivity index (χ1v) is 10.1. The number of nitrogens with zero attached hydrogens (tertiary/aromatic N) is 1. The van der Waals surface area contributed by atoms with E-state index in [9.17, 15) is 9.59 Å². The van der Waals surface area contributed by atoms with Crippen LogP contribution >= 0.6 is 0 Å². The van der Waals surface area contributed by atoms with E-state index in [0.717, 1.165) is 28.4 Å². The highest BCUT2D eigenvalue weighted by Crippen LogP contribution is 2.33. The first-order valence-electron chi connectivity index (χ1n) is 10.1. The SMILES string of the molecule is CNC(=O)c1cccc(NC(=O)c2cc(C)n(-c3ccc4c(c3)OCCO4)c2C)c1C. The standard InChI is InChI=1S/C24H25N3O4/c1-14-12-19(24(29)26-20-7-5-6-18(15(20)2)23(28)25-4)16(3)27(14)17-8-9-21-22(13-17)31-11-10-30-21/h5-9,12-13H,10-11H2,1-4H3,(H,25,28)(H,26,29). The Balaban J connectivity index is 1.65. The normalized spacial score (nSPS) is 12.4. The van der Waals surface area contributed by atoms with Crippen LogP contribution in [0.1, 0.15) is 37.7 Å². The number of benzene rings is 2. The molecule has 0 fully saturated rings. The predicted molar refractivity (Wildman–Crippen MR) is 119 cm³/mol. The summed E-state index contributed by atoms with van der Waals surface area (Å²) in [6.45, 7) is 6.74.